The second-order valence-electron chi connectivity index (χ2n) is 7.54. The van der Waals surface area contributed by atoms with Crippen LogP contribution in [0.1, 0.15) is 60.1 Å². The number of hydrogen-bond acceptors (Lipinski definition) is 4. The van der Waals surface area contributed by atoms with Gasteiger partial charge >= 0.3 is 6.09 Å². The van der Waals surface area contributed by atoms with Gasteiger partial charge in [0.15, 0.2) is 0 Å². The molecule has 1 unspecified atom stereocenters. The van der Waals surface area contributed by atoms with Crippen LogP contribution in [0.4, 0.5) is 4.79 Å². The van der Waals surface area contributed by atoms with E-state index < -0.39 is 5.60 Å². The normalized spacial score (nSPS) is 13.4. The summed E-state index contributed by atoms with van der Waals surface area (Å²) in [7, 11) is 0. The highest BCUT2D eigenvalue weighted by Crippen LogP contribution is 2.09. The first-order valence-corrected chi connectivity index (χ1v) is 8.31. The molecule has 1 aromatic rings. The number of amides is 1. The highest BCUT2D eigenvalue weighted by Gasteiger charge is 2.19. The highest BCUT2D eigenvalue weighted by atomic mass is 16.6. The zero-order valence-corrected chi connectivity index (χ0v) is 15.5. The Labute approximate surface area is 140 Å². The Morgan fingerprint density at radius 2 is 1.96 bits per heavy atom. The number of nitrogens with zero attached hydrogens (tertiary/aromatic N) is 2. The summed E-state index contributed by atoms with van der Waals surface area (Å²) < 4.78 is 7.21. The molecule has 0 aliphatic carbocycles. The van der Waals surface area contributed by atoms with Gasteiger partial charge in [0, 0.05) is 36.9 Å². The van der Waals surface area contributed by atoms with Crippen molar-refractivity contribution >= 4 is 6.09 Å². The van der Waals surface area contributed by atoms with Crippen LogP contribution in [0.5, 0.6) is 0 Å². The van der Waals surface area contributed by atoms with E-state index in [0.29, 0.717) is 18.5 Å². The molecule has 0 aromatic carbocycles. The molecule has 0 aliphatic heterocycles. The molecule has 132 valence electrons. The molecule has 23 heavy (non-hydrogen) atoms. The van der Waals surface area contributed by atoms with Crippen molar-refractivity contribution in [1.29, 1.82) is 0 Å². The van der Waals surface area contributed by atoms with Crippen molar-refractivity contribution in [1.82, 2.24) is 20.4 Å². The summed E-state index contributed by atoms with van der Waals surface area (Å²) in [6.45, 7) is 15.3. The molecule has 6 heteroatoms. The van der Waals surface area contributed by atoms with Crippen molar-refractivity contribution in [2.24, 2.45) is 5.92 Å². The van der Waals surface area contributed by atoms with E-state index in [4.69, 9.17) is 4.74 Å². The Hall–Kier alpha value is -1.56. The molecule has 0 bridgehead atoms. The van der Waals surface area contributed by atoms with Crippen LogP contribution in [0, 0.1) is 5.92 Å². The van der Waals surface area contributed by atoms with Gasteiger partial charge in [0.1, 0.15) is 5.60 Å². The molecule has 1 atom stereocenters. The summed E-state index contributed by atoms with van der Waals surface area (Å²) in [5.74, 6) is 0.394. The van der Waals surface area contributed by atoms with Crippen molar-refractivity contribution in [2.45, 2.75) is 72.7 Å². The second-order valence-corrected chi connectivity index (χ2v) is 7.54. The van der Waals surface area contributed by atoms with Gasteiger partial charge in [-0.2, -0.15) is 5.10 Å². The van der Waals surface area contributed by atoms with Gasteiger partial charge in [0.2, 0.25) is 0 Å². The molecule has 1 rings (SSSR count). The van der Waals surface area contributed by atoms with E-state index in [1.54, 1.807) is 0 Å². The number of aromatic nitrogens is 2. The molecule has 0 saturated heterocycles. The van der Waals surface area contributed by atoms with Gasteiger partial charge in [-0.05, 0) is 40.5 Å². The Morgan fingerprint density at radius 1 is 1.30 bits per heavy atom. The van der Waals surface area contributed by atoms with E-state index in [9.17, 15) is 4.79 Å². The lowest BCUT2D eigenvalue weighted by atomic mass is 10.0. The van der Waals surface area contributed by atoms with E-state index in [1.165, 1.54) is 0 Å². The van der Waals surface area contributed by atoms with E-state index in [0.717, 1.165) is 12.1 Å². The maximum absolute atomic E-state index is 11.8. The Balaban J connectivity index is 2.47. The first-order valence-electron chi connectivity index (χ1n) is 8.31. The minimum absolute atomic E-state index is 0.171. The Morgan fingerprint density at radius 3 is 2.43 bits per heavy atom. The topological polar surface area (TPSA) is 68.2 Å². The van der Waals surface area contributed by atoms with Crippen LogP contribution in [-0.4, -0.2) is 34.1 Å². The van der Waals surface area contributed by atoms with Gasteiger partial charge in [-0.15, -0.1) is 0 Å². The van der Waals surface area contributed by atoms with Gasteiger partial charge in [0.05, 0.1) is 6.20 Å². The maximum atomic E-state index is 11.8. The van der Waals surface area contributed by atoms with Gasteiger partial charge in [-0.25, -0.2) is 4.79 Å². The van der Waals surface area contributed by atoms with E-state index >= 15 is 0 Å². The highest BCUT2D eigenvalue weighted by molar-refractivity contribution is 5.67. The van der Waals surface area contributed by atoms with Gasteiger partial charge in [-0.3, -0.25) is 4.68 Å². The fourth-order valence-corrected chi connectivity index (χ4v) is 2.05. The summed E-state index contributed by atoms with van der Waals surface area (Å²) in [4.78, 5) is 11.8. The first kappa shape index (κ1) is 19.5. The number of nitrogens with one attached hydrogen (secondary N) is 2. The summed E-state index contributed by atoms with van der Waals surface area (Å²) in [6.07, 6.45) is 3.56. The number of alkyl carbamates (subject to hydrolysis) is 1. The molecule has 6 nitrogen and oxygen atoms in total. The van der Waals surface area contributed by atoms with E-state index in [1.807, 2.05) is 31.6 Å². The number of rotatable bonds is 7. The van der Waals surface area contributed by atoms with Crippen LogP contribution >= 0.6 is 0 Å². The average Bonchev–Trinajstić information content (AvgIpc) is 2.85. The molecular formula is C17H32N4O2. The zero-order valence-electron chi connectivity index (χ0n) is 15.5. The third-order valence-corrected chi connectivity index (χ3v) is 3.42. The summed E-state index contributed by atoms with van der Waals surface area (Å²) in [5.41, 5.74) is 0.664. The molecule has 0 aliphatic rings. The van der Waals surface area contributed by atoms with Gasteiger partial charge in [0.25, 0.3) is 0 Å². The van der Waals surface area contributed by atoms with Crippen LogP contribution < -0.4 is 10.6 Å². The first-order chi connectivity index (χ1) is 10.6. The van der Waals surface area contributed by atoms with Crippen LogP contribution in [0.15, 0.2) is 12.4 Å². The van der Waals surface area contributed by atoms with Gasteiger partial charge < -0.3 is 15.4 Å². The minimum Gasteiger partial charge on any atom is -0.444 e. The van der Waals surface area contributed by atoms with Crippen molar-refractivity contribution < 1.29 is 9.53 Å². The number of carbonyl (C=O) groups excluding carboxylic acids is 1. The molecule has 2 N–H and O–H groups in total. The average molecular weight is 324 g/mol. The van der Waals surface area contributed by atoms with Crippen molar-refractivity contribution in [3.8, 4) is 0 Å². The van der Waals surface area contributed by atoms with Crippen molar-refractivity contribution in [3.05, 3.63) is 18.0 Å². The lowest BCUT2D eigenvalue weighted by Crippen LogP contribution is -2.45. The summed E-state index contributed by atoms with van der Waals surface area (Å²) in [6, 6.07) is 0.531. The van der Waals surface area contributed by atoms with Crippen molar-refractivity contribution in [2.75, 3.05) is 6.54 Å². The fourth-order valence-electron chi connectivity index (χ4n) is 2.05. The molecule has 1 heterocycles. The Kier molecular flexibility index (Phi) is 7.06. The largest absolute Gasteiger partial charge is 0.444 e. The molecule has 1 amide bonds. The molecule has 0 spiro atoms. The zero-order chi connectivity index (χ0) is 17.6. The quantitative estimate of drug-likeness (QED) is 0.808. The SMILES string of the molecule is CC(C)C(CNC(=O)OC(C)(C)C)NCc1cnn(C(C)C)c1. The number of ether oxygens (including phenoxy) is 1. The van der Waals surface area contributed by atoms with Crippen LogP contribution in [0.25, 0.3) is 0 Å². The standard InChI is InChI=1S/C17H32N4O2/c1-12(2)15(10-19-16(22)23-17(5,6)7)18-8-14-9-20-21(11-14)13(3)4/h9,11-13,15,18H,8,10H2,1-7H3,(H,19,22). The maximum Gasteiger partial charge on any atom is 0.407 e. The molecular weight excluding hydrogens is 292 g/mol. The summed E-state index contributed by atoms with van der Waals surface area (Å²) >= 11 is 0. The van der Waals surface area contributed by atoms with Crippen LogP contribution in [0.3, 0.4) is 0 Å². The molecule has 0 saturated carbocycles. The number of hydrogen-bond donors (Lipinski definition) is 2. The van der Waals surface area contributed by atoms with Crippen LogP contribution in [-0.2, 0) is 11.3 Å². The molecule has 0 fully saturated rings. The number of carbonyl (C=O) groups is 1. The monoisotopic (exact) mass is 324 g/mol. The molecule has 1 aromatic heterocycles. The smallest absolute Gasteiger partial charge is 0.407 e. The van der Waals surface area contributed by atoms with Gasteiger partial charge in [-0.1, -0.05) is 13.8 Å². The third-order valence-electron chi connectivity index (χ3n) is 3.42. The van der Waals surface area contributed by atoms with E-state index in [-0.39, 0.29) is 12.1 Å². The second kappa shape index (κ2) is 8.34. The molecule has 0 radical (unpaired) electrons. The van der Waals surface area contributed by atoms with E-state index in [2.05, 4.69) is 49.6 Å². The Bertz CT molecular complexity index is 489. The minimum atomic E-state index is -0.476. The lowest BCUT2D eigenvalue weighted by molar-refractivity contribution is 0.0519. The predicted octanol–water partition coefficient (Wildman–Crippen LogP) is 3.10. The predicted molar refractivity (Wildman–Crippen MR) is 92.3 cm³/mol. The van der Waals surface area contributed by atoms with Crippen molar-refractivity contribution in [3.63, 3.8) is 0 Å². The lowest BCUT2D eigenvalue weighted by Gasteiger charge is -2.24. The third kappa shape index (κ3) is 7.50. The fraction of sp³-hybridized carbons (Fsp3) is 0.765. The summed E-state index contributed by atoms with van der Waals surface area (Å²) in [5, 5.41) is 10.7. The van der Waals surface area contributed by atoms with Crippen LogP contribution in [0.2, 0.25) is 0 Å².